The highest BCUT2D eigenvalue weighted by atomic mass is 16.1. The van der Waals surface area contributed by atoms with Gasteiger partial charge in [-0.25, -0.2) is 0 Å². The van der Waals surface area contributed by atoms with E-state index in [1.54, 1.807) is 0 Å². The van der Waals surface area contributed by atoms with Gasteiger partial charge in [-0.3, -0.25) is 9.59 Å². The maximum absolute atomic E-state index is 11.9. The number of Topliss-reactive ketones (excluding diaryl/α,β-unsaturated/α-hetero) is 2. The summed E-state index contributed by atoms with van der Waals surface area (Å²) in [5, 5.41) is 0. The Morgan fingerprint density at radius 1 is 0.650 bits per heavy atom. The summed E-state index contributed by atoms with van der Waals surface area (Å²) in [5.74, 6) is 0.570. The lowest BCUT2D eigenvalue weighted by Gasteiger charge is -2.20. The summed E-state index contributed by atoms with van der Waals surface area (Å²) in [6.45, 7) is 0. The molecule has 2 aliphatic rings. The summed E-state index contributed by atoms with van der Waals surface area (Å²) in [7, 11) is 0. The van der Waals surface area contributed by atoms with E-state index in [9.17, 15) is 9.59 Å². The van der Waals surface area contributed by atoms with Gasteiger partial charge >= 0.3 is 0 Å². The third kappa shape index (κ3) is 2.51. The SMILES string of the molecule is O=C1CC=CCC1c1ccc(C2CC=CCC2=O)cc1. The van der Waals surface area contributed by atoms with E-state index in [1.807, 2.05) is 36.4 Å². The molecule has 2 unspecified atom stereocenters. The van der Waals surface area contributed by atoms with Crippen molar-refractivity contribution in [3.63, 3.8) is 0 Å². The molecule has 2 nitrogen and oxygen atoms in total. The van der Waals surface area contributed by atoms with E-state index in [0.717, 1.165) is 24.0 Å². The number of carbonyl (C=O) groups is 2. The van der Waals surface area contributed by atoms with Gasteiger partial charge in [0.2, 0.25) is 0 Å². The van der Waals surface area contributed by atoms with Crippen LogP contribution in [0.25, 0.3) is 0 Å². The van der Waals surface area contributed by atoms with E-state index in [1.165, 1.54) is 0 Å². The first-order chi connectivity index (χ1) is 9.75. The van der Waals surface area contributed by atoms with Crippen LogP contribution in [-0.4, -0.2) is 11.6 Å². The second-order valence-corrected chi connectivity index (χ2v) is 5.53. The van der Waals surface area contributed by atoms with Crippen molar-refractivity contribution in [1.29, 1.82) is 0 Å². The first-order valence-corrected chi connectivity index (χ1v) is 7.21. The van der Waals surface area contributed by atoms with E-state index in [0.29, 0.717) is 12.8 Å². The summed E-state index contributed by atoms with van der Waals surface area (Å²) >= 11 is 0. The molecule has 1 aromatic carbocycles. The quantitative estimate of drug-likeness (QED) is 0.765. The highest BCUT2D eigenvalue weighted by Gasteiger charge is 2.23. The average molecular weight is 266 g/mol. The van der Waals surface area contributed by atoms with Crippen molar-refractivity contribution in [2.75, 3.05) is 0 Å². The zero-order valence-electron chi connectivity index (χ0n) is 11.4. The summed E-state index contributed by atoms with van der Waals surface area (Å²) in [5.41, 5.74) is 2.14. The summed E-state index contributed by atoms with van der Waals surface area (Å²) in [6.07, 6.45) is 10.7. The van der Waals surface area contributed by atoms with Crippen molar-refractivity contribution in [3.05, 3.63) is 59.7 Å². The van der Waals surface area contributed by atoms with Gasteiger partial charge in [-0.05, 0) is 24.0 Å². The Morgan fingerprint density at radius 3 is 1.40 bits per heavy atom. The summed E-state index contributed by atoms with van der Waals surface area (Å²) in [4.78, 5) is 23.8. The van der Waals surface area contributed by atoms with Crippen molar-refractivity contribution in [2.45, 2.75) is 37.5 Å². The topological polar surface area (TPSA) is 34.1 Å². The number of hydrogen-bond acceptors (Lipinski definition) is 2. The molecule has 0 saturated heterocycles. The lowest BCUT2D eigenvalue weighted by molar-refractivity contribution is -0.120. The van der Waals surface area contributed by atoms with Gasteiger partial charge in [-0.2, -0.15) is 0 Å². The van der Waals surface area contributed by atoms with Crippen molar-refractivity contribution in [1.82, 2.24) is 0 Å². The lowest BCUT2D eigenvalue weighted by Crippen LogP contribution is -2.16. The fourth-order valence-corrected chi connectivity index (χ4v) is 3.02. The van der Waals surface area contributed by atoms with Gasteiger partial charge in [0.15, 0.2) is 0 Å². The molecule has 0 aromatic heterocycles. The van der Waals surface area contributed by atoms with Gasteiger partial charge in [0.1, 0.15) is 11.6 Å². The number of hydrogen-bond donors (Lipinski definition) is 0. The minimum absolute atomic E-state index is 0.00370. The molecule has 0 spiro atoms. The third-order valence-corrected chi connectivity index (χ3v) is 4.23. The molecule has 0 aliphatic heterocycles. The number of carbonyl (C=O) groups excluding carboxylic acids is 2. The lowest BCUT2D eigenvalue weighted by atomic mass is 9.83. The second-order valence-electron chi connectivity index (χ2n) is 5.53. The van der Waals surface area contributed by atoms with Gasteiger partial charge in [-0.15, -0.1) is 0 Å². The summed E-state index contributed by atoms with van der Waals surface area (Å²) in [6, 6.07) is 8.07. The highest BCUT2D eigenvalue weighted by Crippen LogP contribution is 2.30. The molecule has 20 heavy (non-hydrogen) atoms. The fourth-order valence-electron chi connectivity index (χ4n) is 3.02. The molecular weight excluding hydrogens is 248 g/mol. The van der Waals surface area contributed by atoms with E-state index >= 15 is 0 Å². The molecular formula is C18H18O2. The Morgan fingerprint density at radius 2 is 1.05 bits per heavy atom. The number of benzene rings is 1. The van der Waals surface area contributed by atoms with Crippen LogP contribution in [0.5, 0.6) is 0 Å². The molecule has 0 saturated carbocycles. The molecule has 0 fully saturated rings. The van der Waals surface area contributed by atoms with Crippen LogP contribution in [-0.2, 0) is 9.59 Å². The van der Waals surface area contributed by atoms with E-state index < -0.39 is 0 Å². The smallest absolute Gasteiger partial charge is 0.144 e. The van der Waals surface area contributed by atoms with Crippen LogP contribution in [0.1, 0.15) is 48.6 Å². The van der Waals surface area contributed by atoms with Crippen LogP contribution in [0.15, 0.2) is 48.6 Å². The van der Waals surface area contributed by atoms with Gasteiger partial charge in [-0.1, -0.05) is 48.6 Å². The number of allylic oxidation sites excluding steroid dienone is 4. The molecule has 1 aromatic rings. The predicted octanol–water partition coefficient (Wildman–Crippen LogP) is 3.69. The Kier molecular flexibility index (Phi) is 3.64. The normalized spacial score (nSPS) is 26.0. The van der Waals surface area contributed by atoms with Crippen molar-refractivity contribution < 1.29 is 9.59 Å². The van der Waals surface area contributed by atoms with Crippen LogP contribution >= 0.6 is 0 Å². The van der Waals surface area contributed by atoms with Crippen LogP contribution in [0.2, 0.25) is 0 Å². The fraction of sp³-hybridized carbons (Fsp3) is 0.333. The Bertz CT molecular complexity index is 525. The second kappa shape index (κ2) is 5.58. The Balaban J connectivity index is 1.81. The highest BCUT2D eigenvalue weighted by molar-refractivity contribution is 5.89. The maximum Gasteiger partial charge on any atom is 0.144 e. The summed E-state index contributed by atoms with van der Waals surface area (Å²) < 4.78 is 0. The first kappa shape index (κ1) is 13.0. The molecule has 0 heterocycles. The van der Waals surface area contributed by atoms with Gasteiger partial charge < -0.3 is 0 Å². The van der Waals surface area contributed by atoms with Crippen molar-refractivity contribution in [2.24, 2.45) is 0 Å². The first-order valence-electron chi connectivity index (χ1n) is 7.21. The molecule has 0 N–H and O–H groups in total. The van der Waals surface area contributed by atoms with Gasteiger partial charge in [0, 0.05) is 24.7 Å². The van der Waals surface area contributed by atoms with Gasteiger partial charge in [0.05, 0.1) is 0 Å². The number of ketones is 2. The van der Waals surface area contributed by atoms with E-state index in [-0.39, 0.29) is 23.4 Å². The van der Waals surface area contributed by atoms with Crippen molar-refractivity contribution in [3.8, 4) is 0 Å². The van der Waals surface area contributed by atoms with Crippen LogP contribution in [0.4, 0.5) is 0 Å². The number of rotatable bonds is 2. The zero-order chi connectivity index (χ0) is 13.9. The average Bonchev–Trinajstić information content (AvgIpc) is 2.49. The molecule has 2 atom stereocenters. The molecule has 3 rings (SSSR count). The monoisotopic (exact) mass is 266 g/mol. The minimum Gasteiger partial charge on any atom is -0.299 e. The van der Waals surface area contributed by atoms with Crippen LogP contribution < -0.4 is 0 Å². The maximum atomic E-state index is 11.9. The molecule has 0 bridgehead atoms. The molecule has 102 valence electrons. The molecule has 2 aliphatic carbocycles. The Labute approximate surface area is 119 Å². The molecule has 2 heteroatoms. The largest absolute Gasteiger partial charge is 0.299 e. The predicted molar refractivity (Wildman–Crippen MR) is 78.7 cm³/mol. The standard InChI is InChI=1S/C18H18O2/c19-17-7-3-1-5-15(17)13-9-11-14(12-10-13)16-6-2-4-8-18(16)20/h1-4,9-12,15-16H,5-8H2. The van der Waals surface area contributed by atoms with E-state index in [2.05, 4.69) is 12.2 Å². The zero-order valence-corrected chi connectivity index (χ0v) is 11.4. The van der Waals surface area contributed by atoms with Crippen LogP contribution in [0, 0.1) is 0 Å². The van der Waals surface area contributed by atoms with Crippen molar-refractivity contribution >= 4 is 11.6 Å². The molecule has 0 amide bonds. The van der Waals surface area contributed by atoms with Gasteiger partial charge in [0.25, 0.3) is 0 Å². The van der Waals surface area contributed by atoms with Crippen LogP contribution in [0.3, 0.4) is 0 Å². The molecule has 0 radical (unpaired) electrons. The Hall–Kier alpha value is -1.96. The third-order valence-electron chi connectivity index (χ3n) is 4.23. The minimum atomic E-state index is -0.00370. The van der Waals surface area contributed by atoms with E-state index in [4.69, 9.17) is 0 Å².